The molecule has 0 radical (unpaired) electrons. The second kappa shape index (κ2) is 11.2. The lowest BCUT2D eigenvalue weighted by atomic mass is 9.69. The van der Waals surface area contributed by atoms with E-state index in [1.54, 1.807) is 14.2 Å². The Balaban J connectivity index is 0.00000576. The van der Waals surface area contributed by atoms with E-state index in [9.17, 15) is 5.26 Å². The van der Waals surface area contributed by atoms with Crippen molar-refractivity contribution in [2.75, 3.05) is 33.9 Å². The van der Waals surface area contributed by atoms with E-state index in [0.717, 1.165) is 38.0 Å². The van der Waals surface area contributed by atoms with Crippen molar-refractivity contribution in [2.24, 2.45) is 5.92 Å². The van der Waals surface area contributed by atoms with Gasteiger partial charge in [0.2, 0.25) is 0 Å². The van der Waals surface area contributed by atoms with Gasteiger partial charge >= 0.3 is 0 Å². The molecule has 5 heteroatoms. The zero-order chi connectivity index (χ0) is 18.2. The average Bonchev–Trinajstić information content (AvgIpc) is 2.61. The Morgan fingerprint density at radius 2 is 1.72 bits per heavy atom. The molecular weight excluding hydrogens is 336 g/mol. The number of rotatable bonds is 10. The van der Waals surface area contributed by atoms with Crippen LogP contribution in [0.5, 0.6) is 11.5 Å². The molecule has 4 nitrogen and oxygen atoms in total. The predicted octanol–water partition coefficient (Wildman–Crippen LogP) is 4.66. The maximum absolute atomic E-state index is 10.0. The van der Waals surface area contributed by atoms with Crippen molar-refractivity contribution in [3.8, 4) is 17.6 Å². The van der Waals surface area contributed by atoms with Crippen LogP contribution in [0.25, 0.3) is 0 Å². The first-order valence-electron chi connectivity index (χ1n) is 8.85. The summed E-state index contributed by atoms with van der Waals surface area (Å²) in [6.45, 7) is 11.7. The fourth-order valence-corrected chi connectivity index (χ4v) is 3.25. The van der Waals surface area contributed by atoms with Gasteiger partial charge in [0.15, 0.2) is 11.5 Å². The molecule has 1 rings (SSSR count). The van der Waals surface area contributed by atoms with Crippen molar-refractivity contribution in [1.82, 2.24) is 4.90 Å². The Bertz CT molecular complexity index is 553. The summed E-state index contributed by atoms with van der Waals surface area (Å²) in [7, 11) is 3.26. The minimum Gasteiger partial charge on any atom is -0.493 e. The average molecular weight is 369 g/mol. The Labute approximate surface area is 159 Å². The van der Waals surface area contributed by atoms with Crippen LogP contribution in [0.1, 0.15) is 46.1 Å². The molecule has 1 aromatic rings. The third kappa shape index (κ3) is 5.52. The van der Waals surface area contributed by atoms with Gasteiger partial charge in [0.1, 0.15) is 0 Å². The highest BCUT2D eigenvalue weighted by atomic mass is 35.5. The van der Waals surface area contributed by atoms with E-state index >= 15 is 0 Å². The van der Waals surface area contributed by atoms with Crippen LogP contribution in [-0.4, -0.2) is 38.8 Å². The minimum atomic E-state index is -0.507. The highest BCUT2D eigenvalue weighted by Crippen LogP contribution is 2.40. The summed E-state index contributed by atoms with van der Waals surface area (Å²) >= 11 is 0. The third-order valence-corrected chi connectivity index (χ3v) is 5.02. The van der Waals surface area contributed by atoms with E-state index in [0.29, 0.717) is 11.5 Å². The number of halogens is 1. The van der Waals surface area contributed by atoms with E-state index in [4.69, 9.17) is 9.47 Å². The molecule has 0 aliphatic carbocycles. The molecule has 1 atom stereocenters. The summed E-state index contributed by atoms with van der Waals surface area (Å²) in [4.78, 5) is 2.40. The van der Waals surface area contributed by atoms with E-state index in [2.05, 4.69) is 38.7 Å². The monoisotopic (exact) mass is 368 g/mol. The second-order valence-corrected chi connectivity index (χ2v) is 6.44. The standard InChI is InChI=1S/C20H32N2O2.ClH/c1-7-22(8-2)13-9-12-20(15-21,16(3)4)17-10-11-18(23-5)19(14-17)24-6;/h10-11,14,16H,7-9,12-13H2,1-6H3;1H. The van der Waals surface area contributed by atoms with Crippen LogP contribution in [0.4, 0.5) is 0 Å². The van der Waals surface area contributed by atoms with Gasteiger partial charge in [-0.3, -0.25) is 0 Å². The number of ether oxygens (including phenoxy) is 2. The van der Waals surface area contributed by atoms with Crippen LogP contribution >= 0.6 is 12.4 Å². The third-order valence-electron chi connectivity index (χ3n) is 5.02. The minimum absolute atomic E-state index is 0. The van der Waals surface area contributed by atoms with E-state index in [1.807, 2.05) is 18.2 Å². The van der Waals surface area contributed by atoms with Crippen LogP contribution < -0.4 is 9.47 Å². The molecule has 1 aromatic carbocycles. The molecule has 0 aliphatic rings. The van der Waals surface area contributed by atoms with Crippen molar-refractivity contribution in [3.63, 3.8) is 0 Å². The van der Waals surface area contributed by atoms with E-state index in [1.165, 1.54) is 0 Å². The molecule has 0 N–H and O–H groups in total. The number of nitrogens with zero attached hydrogens (tertiary/aromatic N) is 2. The number of hydrogen-bond donors (Lipinski definition) is 0. The fraction of sp³-hybridized carbons (Fsp3) is 0.650. The Hall–Kier alpha value is -1.44. The smallest absolute Gasteiger partial charge is 0.161 e. The molecule has 1 unspecified atom stereocenters. The van der Waals surface area contributed by atoms with Crippen molar-refractivity contribution < 1.29 is 9.47 Å². The largest absolute Gasteiger partial charge is 0.493 e. The summed E-state index contributed by atoms with van der Waals surface area (Å²) in [6, 6.07) is 8.47. The van der Waals surface area contributed by atoms with Gasteiger partial charge in [-0.1, -0.05) is 33.8 Å². The first-order valence-corrected chi connectivity index (χ1v) is 8.85. The van der Waals surface area contributed by atoms with Gasteiger partial charge in [-0.25, -0.2) is 0 Å². The lowest BCUT2D eigenvalue weighted by Gasteiger charge is -2.32. The summed E-state index contributed by atoms with van der Waals surface area (Å²) in [6.07, 6.45) is 1.84. The Morgan fingerprint density at radius 3 is 2.16 bits per heavy atom. The van der Waals surface area contributed by atoms with Gasteiger partial charge in [0.25, 0.3) is 0 Å². The summed E-state index contributed by atoms with van der Waals surface area (Å²) < 4.78 is 10.8. The van der Waals surface area contributed by atoms with Crippen molar-refractivity contribution >= 4 is 12.4 Å². The molecule has 0 saturated heterocycles. The SMILES string of the molecule is CCN(CC)CCCC(C#N)(c1ccc(OC)c(OC)c1)C(C)C.Cl. The molecule has 0 aromatic heterocycles. The molecule has 0 bridgehead atoms. The molecule has 0 amide bonds. The lowest BCUT2D eigenvalue weighted by molar-refractivity contribution is 0.271. The first kappa shape index (κ1) is 23.6. The highest BCUT2D eigenvalue weighted by molar-refractivity contribution is 5.85. The zero-order valence-corrected chi connectivity index (χ0v) is 17.3. The quantitative estimate of drug-likeness (QED) is 0.602. The van der Waals surface area contributed by atoms with E-state index < -0.39 is 5.41 Å². The number of benzene rings is 1. The van der Waals surface area contributed by atoms with Gasteiger partial charge in [-0.05, 0) is 56.1 Å². The van der Waals surface area contributed by atoms with Gasteiger partial charge in [-0.2, -0.15) is 5.26 Å². The molecule has 0 heterocycles. The Kier molecular flexibility index (Phi) is 10.6. The van der Waals surface area contributed by atoms with Gasteiger partial charge in [-0.15, -0.1) is 12.4 Å². The number of methoxy groups -OCH3 is 2. The first-order chi connectivity index (χ1) is 11.5. The molecule has 0 fully saturated rings. The topological polar surface area (TPSA) is 45.5 Å². The number of nitriles is 1. The molecule has 0 spiro atoms. The van der Waals surface area contributed by atoms with Crippen molar-refractivity contribution in [2.45, 2.75) is 46.0 Å². The predicted molar refractivity (Wildman–Crippen MR) is 106 cm³/mol. The van der Waals surface area contributed by atoms with Crippen LogP contribution in [0.2, 0.25) is 0 Å². The molecule has 25 heavy (non-hydrogen) atoms. The number of hydrogen-bond acceptors (Lipinski definition) is 4. The van der Waals surface area contributed by atoms with E-state index in [-0.39, 0.29) is 18.3 Å². The highest BCUT2D eigenvalue weighted by Gasteiger charge is 2.36. The van der Waals surface area contributed by atoms with Gasteiger partial charge < -0.3 is 14.4 Å². The van der Waals surface area contributed by atoms with Crippen molar-refractivity contribution in [3.05, 3.63) is 23.8 Å². The Morgan fingerprint density at radius 1 is 1.12 bits per heavy atom. The summed E-state index contributed by atoms with van der Waals surface area (Å²) in [5.41, 5.74) is 0.504. The van der Waals surface area contributed by atoms with Crippen LogP contribution in [0, 0.1) is 17.2 Å². The maximum atomic E-state index is 10.0. The summed E-state index contributed by atoms with van der Waals surface area (Å²) in [5.74, 6) is 1.59. The molecule has 0 saturated carbocycles. The molecule has 0 aliphatic heterocycles. The fourth-order valence-electron chi connectivity index (χ4n) is 3.25. The van der Waals surface area contributed by atoms with Crippen LogP contribution in [0.15, 0.2) is 18.2 Å². The summed E-state index contributed by atoms with van der Waals surface area (Å²) in [5, 5.41) is 10.0. The van der Waals surface area contributed by atoms with Gasteiger partial charge in [0, 0.05) is 0 Å². The van der Waals surface area contributed by atoms with Crippen LogP contribution in [-0.2, 0) is 5.41 Å². The second-order valence-electron chi connectivity index (χ2n) is 6.44. The molecular formula is C20H33ClN2O2. The lowest BCUT2D eigenvalue weighted by Crippen LogP contribution is -2.33. The zero-order valence-electron chi connectivity index (χ0n) is 16.5. The molecule has 142 valence electrons. The van der Waals surface area contributed by atoms with Crippen molar-refractivity contribution in [1.29, 1.82) is 5.26 Å². The normalized spacial score (nSPS) is 13.1. The van der Waals surface area contributed by atoms with Crippen LogP contribution in [0.3, 0.4) is 0 Å². The maximum Gasteiger partial charge on any atom is 0.161 e. The van der Waals surface area contributed by atoms with Gasteiger partial charge in [0.05, 0.1) is 25.7 Å².